The van der Waals surface area contributed by atoms with E-state index in [1.165, 1.54) is 31.5 Å². The number of oxazole rings is 1. The van der Waals surface area contributed by atoms with Crippen LogP contribution in [0.4, 0.5) is 0 Å². The molecule has 2 fully saturated rings. The summed E-state index contributed by atoms with van der Waals surface area (Å²) in [6, 6.07) is 9.46. The molecule has 1 aromatic carbocycles. The van der Waals surface area contributed by atoms with Crippen LogP contribution in [0.25, 0.3) is 11.6 Å². The van der Waals surface area contributed by atoms with E-state index in [2.05, 4.69) is 65.1 Å². The molecule has 0 unspecified atom stereocenters. The fourth-order valence-corrected chi connectivity index (χ4v) is 5.95. The molecule has 0 spiro atoms. The number of hydrogen-bond donors (Lipinski definition) is 0. The number of hydrogen-bond acceptors (Lipinski definition) is 6. The fourth-order valence-electron chi connectivity index (χ4n) is 5.11. The minimum Gasteiger partial charge on any atom is -0.440 e. The topological polar surface area (TPSA) is 60.0 Å². The normalized spacial score (nSPS) is 22.3. The number of halogens is 1. The van der Waals surface area contributed by atoms with Gasteiger partial charge in [-0.1, -0.05) is 56.8 Å². The van der Waals surface area contributed by atoms with Crippen LogP contribution in [-0.2, 0) is 17.9 Å². The predicted octanol–water partition coefficient (Wildman–Crippen LogP) is 5.25. The van der Waals surface area contributed by atoms with Crippen LogP contribution in [0.15, 0.2) is 40.2 Å². The first-order chi connectivity index (χ1) is 15.3. The van der Waals surface area contributed by atoms with Crippen molar-refractivity contribution in [2.75, 3.05) is 25.4 Å². The third-order valence-corrected chi connectivity index (χ3v) is 8.28. The predicted molar refractivity (Wildman–Crippen MR) is 135 cm³/mol. The van der Waals surface area contributed by atoms with E-state index in [1.54, 1.807) is 17.3 Å². The van der Waals surface area contributed by atoms with E-state index >= 15 is 0 Å². The molecule has 1 aliphatic carbocycles. The van der Waals surface area contributed by atoms with Gasteiger partial charge in [-0.15, -0.1) is 22.6 Å². The second-order valence-corrected chi connectivity index (χ2v) is 11.5. The average Bonchev–Trinajstić information content (AvgIpc) is 3.05. The van der Waals surface area contributed by atoms with E-state index in [0.29, 0.717) is 11.2 Å². The molecule has 6 nitrogen and oxygen atoms in total. The van der Waals surface area contributed by atoms with Crippen molar-refractivity contribution in [2.24, 2.45) is 13.0 Å². The molecule has 2 aromatic heterocycles. The second kappa shape index (κ2) is 9.08. The molecule has 178 valence electrons. The largest absolute Gasteiger partial charge is 0.440 e. The number of aromatic nitrogens is 4. The number of thioether (sulfide) groups is 1. The molecule has 0 amide bonds. The molecule has 2 aliphatic rings. The van der Waals surface area contributed by atoms with Gasteiger partial charge in [-0.05, 0) is 48.8 Å². The van der Waals surface area contributed by atoms with Crippen molar-refractivity contribution in [2.45, 2.75) is 56.5 Å². The molecule has 1 saturated heterocycles. The molecular formula is C25H34ClN5OS. The Kier molecular flexibility index (Phi) is 6.69. The summed E-state index contributed by atoms with van der Waals surface area (Å²) in [5.41, 5.74) is 4.44. The van der Waals surface area contributed by atoms with Gasteiger partial charge < -0.3 is 13.9 Å². The first-order valence-electron chi connectivity index (χ1n) is 11.5. The highest BCUT2D eigenvalue weighted by molar-refractivity contribution is 7.99. The minimum atomic E-state index is 0. The van der Waals surface area contributed by atoms with Crippen LogP contribution in [-0.4, -0.2) is 50.0 Å². The van der Waals surface area contributed by atoms with Gasteiger partial charge >= 0.3 is 0 Å². The number of piperidine rings is 1. The minimum absolute atomic E-state index is 0. The van der Waals surface area contributed by atoms with E-state index in [-0.39, 0.29) is 17.8 Å². The maximum atomic E-state index is 5.47. The molecule has 5 rings (SSSR count). The SMILES string of the molecule is Cc1ncoc1-c1nnc(SCCCN2C[C@H]3C[C@@]3(c3ccc(C(C)(C)C)cc3)C2)n1C.Cl. The van der Waals surface area contributed by atoms with E-state index < -0.39 is 0 Å². The van der Waals surface area contributed by atoms with Crippen LogP contribution in [0.5, 0.6) is 0 Å². The van der Waals surface area contributed by atoms with Crippen molar-refractivity contribution < 1.29 is 4.42 Å². The molecule has 2 atom stereocenters. The highest BCUT2D eigenvalue weighted by atomic mass is 35.5. The Hall–Kier alpha value is -1.83. The Morgan fingerprint density at radius 3 is 2.61 bits per heavy atom. The fraction of sp³-hybridized carbons (Fsp3) is 0.560. The molecule has 1 saturated carbocycles. The third-order valence-electron chi connectivity index (χ3n) is 7.18. The van der Waals surface area contributed by atoms with Crippen molar-refractivity contribution in [1.82, 2.24) is 24.6 Å². The summed E-state index contributed by atoms with van der Waals surface area (Å²) in [6.45, 7) is 12.4. The first-order valence-corrected chi connectivity index (χ1v) is 12.5. The van der Waals surface area contributed by atoms with Gasteiger partial charge in [0.25, 0.3) is 0 Å². The van der Waals surface area contributed by atoms with Crippen molar-refractivity contribution >= 4 is 24.2 Å². The Morgan fingerprint density at radius 1 is 1.18 bits per heavy atom. The maximum absolute atomic E-state index is 5.47. The van der Waals surface area contributed by atoms with Crippen LogP contribution in [0.2, 0.25) is 0 Å². The number of benzene rings is 1. The first kappa shape index (κ1) is 24.3. The molecule has 0 N–H and O–H groups in total. The van der Waals surface area contributed by atoms with Crippen LogP contribution in [0.3, 0.4) is 0 Å². The van der Waals surface area contributed by atoms with Gasteiger partial charge in [0, 0.05) is 31.3 Å². The highest BCUT2D eigenvalue weighted by Crippen LogP contribution is 2.59. The zero-order valence-corrected chi connectivity index (χ0v) is 21.8. The molecule has 3 heterocycles. The van der Waals surface area contributed by atoms with E-state index in [4.69, 9.17) is 4.42 Å². The maximum Gasteiger partial charge on any atom is 0.202 e. The summed E-state index contributed by atoms with van der Waals surface area (Å²) in [7, 11) is 1.99. The highest BCUT2D eigenvalue weighted by Gasteiger charge is 2.60. The lowest BCUT2D eigenvalue weighted by Gasteiger charge is -2.23. The Bertz CT molecular complexity index is 1100. The van der Waals surface area contributed by atoms with Gasteiger partial charge in [0.05, 0.1) is 5.69 Å². The smallest absolute Gasteiger partial charge is 0.202 e. The summed E-state index contributed by atoms with van der Waals surface area (Å²) < 4.78 is 7.47. The number of likely N-dealkylation sites (tertiary alicyclic amines) is 1. The van der Waals surface area contributed by atoms with Crippen molar-refractivity contribution in [3.05, 3.63) is 47.5 Å². The van der Waals surface area contributed by atoms with E-state index in [1.807, 2.05) is 18.5 Å². The Balaban J connectivity index is 0.00000259. The molecule has 8 heteroatoms. The molecule has 33 heavy (non-hydrogen) atoms. The molecule has 3 aromatic rings. The summed E-state index contributed by atoms with van der Waals surface area (Å²) in [5.74, 6) is 3.31. The summed E-state index contributed by atoms with van der Waals surface area (Å²) in [5, 5.41) is 9.58. The standard InChI is InChI=1S/C25H33N5OS.ClH/c1-17-21(31-16-26-17)22-27-28-23(29(22)5)32-12-6-11-30-14-20-13-25(20,15-30)19-9-7-18(8-10-19)24(2,3)4;/h7-10,16,20H,6,11-15H2,1-5H3;1H/t20-,25+;/m1./s1. The van der Waals surface area contributed by atoms with Crippen LogP contribution in [0, 0.1) is 12.8 Å². The van der Waals surface area contributed by atoms with Gasteiger partial charge in [-0.25, -0.2) is 4.98 Å². The Labute approximate surface area is 207 Å². The van der Waals surface area contributed by atoms with Crippen molar-refractivity contribution in [3.63, 3.8) is 0 Å². The van der Waals surface area contributed by atoms with Crippen molar-refractivity contribution in [3.8, 4) is 11.6 Å². The van der Waals surface area contributed by atoms with Crippen LogP contribution in [0.1, 0.15) is 50.4 Å². The van der Waals surface area contributed by atoms with Gasteiger partial charge in [-0.3, -0.25) is 0 Å². The van der Waals surface area contributed by atoms with Gasteiger partial charge in [0.2, 0.25) is 5.82 Å². The van der Waals surface area contributed by atoms with Gasteiger partial charge in [0.1, 0.15) is 0 Å². The lowest BCUT2D eigenvalue weighted by molar-refractivity contribution is 0.299. The Morgan fingerprint density at radius 2 is 1.94 bits per heavy atom. The van der Waals surface area contributed by atoms with Crippen molar-refractivity contribution in [1.29, 1.82) is 0 Å². The molecule has 0 radical (unpaired) electrons. The van der Waals surface area contributed by atoms with Crippen LogP contribution < -0.4 is 0 Å². The van der Waals surface area contributed by atoms with Gasteiger partial charge in [0.15, 0.2) is 17.3 Å². The second-order valence-electron chi connectivity index (χ2n) is 10.5. The number of nitrogens with zero attached hydrogens (tertiary/aromatic N) is 5. The number of fused-ring (bicyclic) bond motifs is 1. The zero-order chi connectivity index (χ0) is 22.5. The number of rotatable bonds is 7. The molecular weight excluding hydrogens is 454 g/mol. The lowest BCUT2D eigenvalue weighted by atomic mass is 9.85. The summed E-state index contributed by atoms with van der Waals surface area (Å²) in [4.78, 5) is 6.81. The quantitative estimate of drug-likeness (QED) is 0.335. The average molecular weight is 488 g/mol. The van der Waals surface area contributed by atoms with E-state index in [0.717, 1.165) is 41.3 Å². The molecule has 0 bridgehead atoms. The summed E-state index contributed by atoms with van der Waals surface area (Å²) >= 11 is 1.77. The summed E-state index contributed by atoms with van der Waals surface area (Å²) in [6.07, 6.45) is 3.97. The zero-order valence-electron chi connectivity index (χ0n) is 20.2. The monoisotopic (exact) mass is 487 g/mol. The lowest BCUT2D eigenvalue weighted by Crippen LogP contribution is -2.28. The van der Waals surface area contributed by atoms with Gasteiger partial charge in [-0.2, -0.15) is 0 Å². The van der Waals surface area contributed by atoms with E-state index in [9.17, 15) is 0 Å². The van der Waals surface area contributed by atoms with Crippen LogP contribution >= 0.6 is 24.2 Å². The number of aryl methyl sites for hydroxylation is 1. The molecule has 1 aliphatic heterocycles. The third kappa shape index (κ3) is 4.60.